The lowest BCUT2D eigenvalue weighted by atomic mass is 9.98. The maximum Gasteiger partial charge on any atom is 0.137 e. The largest absolute Gasteiger partial charge is 0.495 e. The van der Waals surface area contributed by atoms with Gasteiger partial charge in [0.2, 0.25) is 0 Å². The van der Waals surface area contributed by atoms with E-state index in [4.69, 9.17) is 27.9 Å². The highest BCUT2D eigenvalue weighted by molar-refractivity contribution is 9.10. The highest BCUT2D eigenvalue weighted by Crippen LogP contribution is 2.34. The van der Waals surface area contributed by atoms with Crippen molar-refractivity contribution in [3.63, 3.8) is 0 Å². The zero-order valence-corrected chi connectivity index (χ0v) is 14.9. The van der Waals surface area contributed by atoms with E-state index in [0.29, 0.717) is 15.8 Å². The third-order valence-electron chi connectivity index (χ3n) is 3.19. The van der Waals surface area contributed by atoms with Gasteiger partial charge in [0.05, 0.1) is 18.2 Å². The van der Waals surface area contributed by atoms with Gasteiger partial charge in [0.15, 0.2) is 0 Å². The number of halogens is 3. The molecule has 2 aromatic rings. The van der Waals surface area contributed by atoms with Gasteiger partial charge in [0, 0.05) is 9.50 Å². The Morgan fingerprint density at radius 3 is 2.57 bits per heavy atom. The summed E-state index contributed by atoms with van der Waals surface area (Å²) < 4.78 is 6.27. The first kappa shape index (κ1) is 16.6. The molecule has 0 aliphatic rings. The van der Waals surface area contributed by atoms with Crippen LogP contribution < -0.4 is 10.1 Å². The van der Waals surface area contributed by atoms with Gasteiger partial charge in [-0.3, -0.25) is 0 Å². The Balaban J connectivity index is 2.47. The molecule has 2 rings (SSSR count). The van der Waals surface area contributed by atoms with Crippen LogP contribution in [0, 0.1) is 0 Å². The first-order valence-corrected chi connectivity index (χ1v) is 8.13. The lowest BCUT2D eigenvalue weighted by Crippen LogP contribution is -2.22. The standard InChI is InChI=1S/C16H16BrCl2NO/c1-3-20-16(12-6-5-11(18)9-13(12)17)10-4-7-14(19)15(8-10)21-2/h4-9,16,20H,3H2,1-2H3. The van der Waals surface area contributed by atoms with E-state index >= 15 is 0 Å². The fourth-order valence-corrected chi connectivity index (χ4v) is 3.31. The first-order chi connectivity index (χ1) is 10.1. The van der Waals surface area contributed by atoms with E-state index in [1.54, 1.807) is 7.11 Å². The van der Waals surface area contributed by atoms with Crippen molar-refractivity contribution in [2.24, 2.45) is 0 Å². The average molecular weight is 389 g/mol. The third-order valence-corrected chi connectivity index (χ3v) is 4.42. The van der Waals surface area contributed by atoms with Crippen LogP contribution in [0.5, 0.6) is 5.75 Å². The summed E-state index contributed by atoms with van der Waals surface area (Å²) in [4.78, 5) is 0. The smallest absolute Gasteiger partial charge is 0.137 e. The molecule has 21 heavy (non-hydrogen) atoms. The van der Waals surface area contributed by atoms with Gasteiger partial charge in [-0.25, -0.2) is 0 Å². The summed E-state index contributed by atoms with van der Waals surface area (Å²) in [6, 6.07) is 11.6. The Bertz CT molecular complexity index is 634. The number of benzene rings is 2. The van der Waals surface area contributed by atoms with Gasteiger partial charge in [-0.1, -0.05) is 58.2 Å². The number of rotatable bonds is 5. The lowest BCUT2D eigenvalue weighted by molar-refractivity contribution is 0.414. The molecule has 112 valence electrons. The van der Waals surface area contributed by atoms with Gasteiger partial charge in [-0.15, -0.1) is 0 Å². The van der Waals surface area contributed by atoms with Crippen molar-refractivity contribution in [1.29, 1.82) is 0 Å². The number of hydrogen-bond acceptors (Lipinski definition) is 2. The first-order valence-electron chi connectivity index (χ1n) is 6.58. The molecular weight excluding hydrogens is 373 g/mol. The highest BCUT2D eigenvalue weighted by atomic mass is 79.9. The molecule has 0 aliphatic heterocycles. The van der Waals surface area contributed by atoms with E-state index < -0.39 is 0 Å². The van der Waals surface area contributed by atoms with Gasteiger partial charge in [-0.05, 0) is 41.9 Å². The van der Waals surface area contributed by atoms with Crippen LogP contribution in [0.3, 0.4) is 0 Å². The molecule has 0 aliphatic carbocycles. The van der Waals surface area contributed by atoms with Crippen molar-refractivity contribution in [2.45, 2.75) is 13.0 Å². The van der Waals surface area contributed by atoms with Crippen LogP contribution in [0.1, 0.15) is 24.1 Å². The number of hydrogen-bond donors (Lipinski definition) is 1. The SMILES string of the molecule is CCNC(c1ccc(Cl)c(OC)c1)c1ccc(Cl)cc1Br. The van der Waals surface area contributed by atoms with E-state index in [0.717, 1.165) is 22.1 Å². The van der Waals surface area contributed by atoms with Crippen LogP contribution in [-0.2, 0) is 0 Å². The minimum atomic E-state index is 0.0350. The van der Waals surface area contributed by atoms with Gasteiger partial charge in [-0.2, -0.15) is 0 Å². The molecule has 0 aromatic heterocycles. The maximum absolute atomic E-state index is 6.10. The topological polar surface area (TPSA) is 21.3 Å². The number of ether oxygens (including phenoxy) is 1. The Morgan fingerprint density at radius 2 is 1.95 bits per heavy atom. The van der Waals surface area contributed by atoms with Crippen LogP contribution in [0.15, 0.2) is 40.9 Å². The second-order valence-corrected chi connectivity index (χ2v) is 6.25. The van der Waals surface area contributed by atoms with Crippen molar-refractivity contribution in [1.82, 2.24) is 5.32 Å². The minimum absolute atomic E-state index is 0.0350. The highest BCUT2D eigenvalue weighted by Gasteiger charge is 2.17. The Morgan fingerprint density at radius 1 is 1.19 bits per heavy atom. The molecule has 0 heterocycles. The Hall–Kier alpha value is -0.740. The van der Waals surface area contributed by atoms with Crippen molar-refractivity contribution < 1.29 is 4.74 Å². The third kappa shape index (κ3) is 3.92. The molecular formula is C16H16BrCl2NO. The predicted octanol–water partition coefficient (Wildman–Crippen LogP) is 5.46. The summed E-state index contributed by atoms with van der Waals surface area (Å²) in [5.41, 5.74) is 2.20. The van der Waals surface area contributed by atoms with Crippen LogP contribution in [-0.4, -0.2) is 13.7 Å². The molecule has 0 bridgehead atoms. The molecule has 0 fully saturated rings. The molecule has 0 saturated carbocycles. The summed E-state index contributed by atoms with van der Waals surface area (Å²) in [5.74, 6) is 0.669. The zero-order chi connectivity index (χ0) is 15.4. The monoisotopic (exact) mass is 387 g/mol. The second-order valence-electron chi connectivity index (χ2n) is 4.55. The van der Waals surface area contributed by atoms with Crippen LogP contribution in [0.25, 0.3) is 0 Å². The average Bonchev–Trinajstić information content (AvgIpc) is 2.46. The fraction of sp³-hybridized carbons (Fsp3) is 0.250. The van der Waals surface area contributed by atoms with Crippen LogP contribution >= 0.6 is 39.1 Å². The van der Waals surface area contributed by atoms with Crippen molar-refractivity contribution in [2.75, 3.05) is 13.7 Å². The van der Waals surface area contributed by atoms with E-state index in [2.05, 4.69) is 28.2 Å². The summed E-state index contributed by atoms with van der Waals surface area (Å²) in [7, 11) is 1.62. The fourth-order valence-electron chi connectivity index (χ4n) is 2.20. The molecule has 1 atom stereocenters. The van der Waals surface area contributed by atoms with Gasteiger partial charge in [0.25, 0.3) is 0 Å². The minimum Gasteiger partial charge on any atom is -0.495 e. The normalized spacial score (nSPS) is 12.2. The molecule has 0 radical (unpaired) electrons. The molecule has 5 heteroatoms. The molecule has 0 spiro atoms. The van der Waals surface area contributed by atoms with Gasteiger partial charge < -0.3 is 10.1 Å². The zero-order valence-electron chi connectivity index (χ0n) is 11.8. The quantitative estimate of drug-likeness (QED) is 0.733. The predicted molar refractivity (Wildman–Crippen MR) is 92.7 cm³/mol. The number of nitrogens with one attached hydrogen (secondary N) is 1. The summed E-state index contributed by atoms with van der Waals surface area (Å²) >= 11 is 15.7. The summed E-state index contributed by atoms with van der Waals surface area (Å²) in [6.45, 7) is 2.91. The van der Waals surface area contributed by atoms with E-state index in [-0.39, 0.29) is 6.04 Å². The molecule has 1 unspecified atom stereocenters. The molecule has 2 nitrogen and oxygen atoms in total. The van der Waals surface area contributed by atoms with E-state index in [1.807, 2.05) is 36.4 Å². The van der Waals surface area contributed by atoms with Crippen molar-refractivity contribution >= 4 is 39.1 Å². The van der Waals surface area contributed by atoms with Crippen LogP contribution in [0.2, 0.25) is 10.0 Å². The molecule has 0 amide bonds. The Kier molecular flexibility index (Phi) is 5.94. The van der Waals surface area contributed by atoms with Crippen LogP contribution in [0.4, 0.5) is 0 Å². The second kappa shape index (κ2) is 7.50. The van der Waals surface area contributed by atoms with E-state index in [9.17, 15) is 0 Å². The van der Waals surface area contributed by atoms with Gasteiger partial charge in [0.1, 0.15) is 5.75 Å². The summed E-state index contributed by atoms with van der Waals surface area (Å²) in [5, 5.41) is 4.78. The number of methoxy groups -OCH3 is 1. The molecule has 0 saturated heterocycles. The van der Waals surface area contributed by atoms with E-state index in [1.165, 1.54) is 0 Å². The molecule has 1 N–H and O–H groups in total. The van der Waals surface area contributed by atoms with Crippen molar-refractivity contribution in [3.8, 4) is 5.75 Å². The lowest BCUT2D eigenvalue weighted by Gasteiger charge is -2.21. The van der Waals surface area contributed by atoms with Gasteiger partial charge >= 0.3 is 0 Å². The van der Waals surface area contributed by atoms with Crippen molar-refractivity contribution in [3.05, 3.63) is 62.0 Å². The maximum atomic E-state index is 6.10. The summed E-state index contributed by atoms with van der Waals surface area (Å²) in [6.07, 6.45) is 0. The molecule has 2 aromatic carbocycles. The Labute approximate surface area is 143 Å².